The second kappa shape index (κ2) is 7.61. The quantitative estimate of drug-likeness (QED) is 0.508. The molecule has 6 nitrogen and oxygen atoms in total. The molecule has 0 saturated carbocycles. The minimum atomic E-state index is -1.04. The fourth-order valence-electron chi connectivity index (χ4n) is 3.53. The number of carbonyl (C=O) groups excluding carboxylic acids is 1. The van der Waals surface area contributed by atoms with Crippen molar-refractivity contribution in [3.05, 3.63) is 69.2 Å². The zero-order valence-corrected chi connectivity index (χ0v) is 17.2. The Hall–Kier alpha value is -2.71. The maximum absolute atomic E-state index is 14.9. The summed E-state index contributed by atoms with van der Waals surface area (Å²) in [6.45, 7) is 3.32. The van der Waals surface area contributed by atoms with Crippen molar-refractivity contribution >= 4 is 35.0 Å². The number of H-pyrrole nitrogens is 1. The number of amides is 1. The molecule has 0 spiro atoms. The molecule has 9 heteroatoms. The average molecular weight is 432 g/mol. The number of fused-ring (bicyclic) bond motifs is 3. The summed E-state index contributed by atoms with van der Waals surface area (Å²) in [6.07, 6.45) is -1.04. The Labute approximate surface area is 175 Å². The lowest BCUT2D eigenvalue weighted by molar-refractivity contribution is -0.763. The number of halogens is 2. The number of nitrogens with zero attached hydrogens (tertiary/aromatic N) is 3. The van der Waals surface area contributed by atoms with Gasteiger partial charge in [-0.3, -0.25) is 14.6 Å². The minimum absolute atomic E-state index is 0.0793. The summed E-state index contributed by atoms with van der Waals surface area (Å²) in [7, 11) is 0. The van der Waals surface area contributed by atoms with Crippen LogP contribution in [0.4, 0.5) is 10.1 Å². The van der Waals surface area contributed by atoms with Crippen LogP contribution in [0.25, 0.3) is 11.3 Å². The molecule has 2 aromatic carbocycles. The normalized spacial score (nSPS) is 15.0. The van der Waals surface area contributed by atoms with Crippen LogP contribution in [0.1, 0.15) is 25.6 Å². The second-order valence-corrected chi connectivity index (χ2v) is 8.06. The smallest absolute Gasteiger partial charge is 0.291 e. The van der Waals surface area contributed by atoms with Gasteiger partial charge in [-0.15, -0.1) is 0 Å². The number of aromatic amines is 1. The lowest BCUT2D eigenvalue weighted by Crippen LogP contribution is -2.61. The molecule has 1 N–H and O–H groups in total. The molecular formula is C20H17ClFN4O2S+. The van der Waals surface area contributed by atoms with Crippen molar-refractivity contribution in [2.24, 2.45) is 0 Å². The predicted molar refractivity (Wildman–Crippen MR) is 110 cm³/mol. The Morgan fingerprint density at radius 1 is 1.31 bits per heavy atom. The van der Waals surface area contributed by atoms with Gasteiger partial charge in [0.05, 0.1) is 21.8 Å². The molecule has 1 aromatic heterocycles. The lowest BCUT2D eigenvalue weighted by Gasteiger charge is -2.31. The minimum Gasteiger partial charge on any atom is -0.291 e. The summed E-state index contributed by atoms with van der Waals surface area (Å²) in [5, 5.41) is 5.06. The van der Waals surface area contributed by atoms with E-state index in [1.54, 1.807) is 30.3 Å². The molecule has 0 bridgehead atoms. The highest BCUT2D eigenvalue weighted by Gasteiger charge is 2.46. The molecular weight excluding hydrogens is 415 g/mol. The Kier molecular flexibility index (Phi) is 5.14. The lowest BCUT2D eigenvalue weighted by atomic mass is 10.0. The number of rotatable bonds is 3. The molecule has 1 atom stereocenters. The highest BCUT2D eigenvalue weighted by Crippen LogP contribution is 2.39. The van der Waals surface area contributed by atoms with E-state index in [9.17, 15) is 14.0 Å². The van der Waals surface area contributed by atoms with E-state index < -0.39 is 12.0 Å². The second-order valence-electron chi connectivity index (χ2n) is 6.40. The summed E-state index contributed by atoms with van der Waals surface area (Å²) in [5.74, 6) is -0.231. The monoisotopic (exact) mass is 431 g/mol. The average Bonchev–Trinajstić information content (AvgIpc) is 2.67. The third-order valence-electron chi connectivity index (χ3n) is 4.64. The molecule has 4 rings (SSSR count). The molecule has 29 heavy (non-hydrogen) atoms. The maximum Gasteiger partial charge on any atom is 0.325 e. The number of hydrogen-bond donors (Lipinski definition) is 1. The molecule has 0 unspecified atom stereocenters. The number of para-hydroxylation sites is 1. The molecule has 0 aliphatic carbocycles. The van der Waals surface area contributed by atoms with E-state index in [4.69, 9.17) is 11.6 Å². The summed E-state index contributed by atoms with van der Waals surface area (Å²) >= 11 is 7.70. The Balaban J connectivity index is 2.12. The van der Waals surface area contributed by atoms with Gasteiger partial charge in [-0.2, -0.15) is 0 Å². The van der Waals surface area contributed by atoms with Gasteiger partial charge in [0.2, 0.25) is 11.1 Å². The molecule has 0 saturated heterocycles. The molecule has 1 amide bonds. The number of carbonyl (C=O) groups is 1. The van der Waals surface area contributed by atoms with E-state index in [1.807, 2.05) is 6.92 Å². The highest BCUT2D eigenvalue weighted by atomic mass is 35.5. The maximum atomic E-state index is 14.9. The van der Waals surface area contributed by atoms with E-state index in [2.05, 4.69) is 10.1 Å². The van der Waals surface area contributed by atoms with Crippen LogP contribution in [0, 0.1) is 5.82 Å². The SMILES string of the molecule is CCSc1n[n+]2c(c(=O)[nH]1)-c1ccccc1N(C(C)=O)[C@@H]2c1c(F)cccc1Cl. The van der Waals surface area contributed by atoms with Crippen molar-refractivity contribution < 1.29 is 13.9 Å². The largest absolute Gasteiger partial charge is 0.325 e. The number of hydrogen-bond acceptors (Lipinski definition) is 4. The van der Waals surface area contributed by atoms with E-state index in [0.717, 1.165) is 0 Å². The van der Waals surface area contributed by atoms with Gasteiger partial charge in [-0.1, -0.05) is 48.5 Å². The fraction of sp³-hybridized carbons (Fsp3) is 0.200. The molecule has 0 fully saturated rings. The van der Waals surface area contributed by atoms with Crippen LogP contribution >= 0.6 is 23.4 Å². The van der Waals surface area contributed by atoms with Crippen molar-refractivity contribution in [1.29, 1.82) is 0 Å². The van der Waals surface area contributed by atoms with E-state index >= 15 is 0 Å². The zero-order chi connectivity index (χ0) is 20.7. The summed E-state index contributed by atoms with van der Waals surface area (Å²) in [5.41, 5.74) is 0.975. The standard InChI is InChI=1S/C20H16ClFN4O2S/c1-3-29-20-23-18(28)17-12-7-4-5-10-15(12)25(11(2)27)19(26(17)24-20)16-13(21)8-6-9-14(16)22/h4-10,19H,3H2,1-2H3/p+1/t19-/m0/s1. The number of aromatic nitrogens is 3. The van der Waals surface area contributed by atoms with Crippen LogP contribution < -0.4 is 15.1 Å². The predicted octanol–water partition coefficient (Wildman–Crippen LogP) is 3.54. The Morgan fingerprint density at radius 2 is 2.07 bits per heavy atom. The first-order valence-corrected chi connectivity index (χ1v) is 10.3. The molecule has 0 radical (unpaired) electrons. The van der Waals surface area contributed by atoms with Crippen molar-refractivity contribution in [3.8, 4) is 11.3 Å². The van der Waals surface area contributed by atoms with Gasteiger partial charge >= 0.3 is 11.3 Å². The van der Waals surface area contributed by atoms with Gasteiger partial charge < -0.3 is 0 Å². The summed E-state index contributed by atoms with van der Waals surface area (Å²) in [4.78, 5) is 29.9. The molecule has 148 valence electrons. The number of nitrogens with one attached hydrogen (secondary N) is 1. The van der Waals surface area contributed by atoms with E-state index in [0.29, 0.717) is 22.2 Å². The van der Waals surface area contributed by atoms with Crippen LogP contribution in [0.5, 0.6) is 0 Å². The number of anilines is 1. The van der Waals surface area contributed by atoms with Crippen LogP contribution in [0.2, 0.25) is 5.02 Å². The van der Waals surface area contributed by atoms with Crippen LogP contribution in [-0.2, 0) is 4.79 Å². The third kappa shape index (κ3) is 3.22. The molecule has 3 aromatic rings. The Morgan fingerprint density at radius 3 is 2.76 bits per heavy atom. The fourth-order valence-corrected chi connectivity index (χ4v) is 4.38. The molecule has 2 heterocycles. The van der Waals surface area contributed by atoms with Crippen LogP contribution in [0.3, 0.4) is 0 Å². The highest BCUT2D eigenvalue weighted by molar-refractivity contribution is 7.99. The number of benzene rings is 2. The van der Waals surface area contributed by atoms with Crippen molar-refractivity contribution in [3.63, 3.8) is 0 Å². The van der Waals surface area contributed by atoms with Gasteiger partial charge in [0, 0.05) is 12.0 Å². The topological polar surface area (TPSA) is 69.9 Å². The van der Waals surface area contributed by atoms with Crippen LogP contribution in [0.15, 0.2) is 52.4 Å². The first-order chi connectivity index (χ1) is 13.9. The first kappa shape index (κ1) is 19.6. The van der Waals surface area contributed by atoms with Crippen LogP contribution in [-0.4, -0.2) is 21.7 Å². The molecule has 1 aliphatic rings. The number of thioether (sulfide) groups is 1. The summed E-state index contributed by atoms with van der Waals surface area (Å²) in [6, 6.07) is 11.3. The summed E-state index contributed by atoms with van der Waals surface area (Å²) < 4.78 is 16.3. The van der Waals surface area contributed by atoms with Crippen molar-refractivity contribution in [1.82, 2.24) is 10.1 Å². The Bertz CT molecular complexity index is 1160. The van der Waals surface area contributed by atoms with E-state index in [1.165, 1.54) is 40.4 Å². The molecule has 1 aliphatic heterocycles. The van der Waals surface area contributed by atoms with Gasteiger partial charge in [0.25, 0.3) is 6.17 Å². The first-order valence-electron chi connectivity index (χ1n) is 8.96. The van der Waals surface area contributed by atoms with Gasteiger partial charge in [0.1, 0.15) is 5.82 Å². The van der Waals surface area contributed by atoms with Crippen molar-refractivity contribution in [2.45, 2.75) is 25.2 Å². The van der Waals surface area contributed by atoms with E-state index in [-0.39, 0.29) is 27.7 Å². The third-order valence-corrected chi connectivity index (χ3v) is 5.71. The van der Waals surface area contributed by atoms with Gasteiger partial charge in [-0.25, -0.2) is 9.29 Å². The van der Waals surface area contributed by atoms with Gasteiger partial charge in [-0.05, 0) is 34.7 Å². The van der Waals surface area contributed by atoms with Gasteiger partial charge in [0.15, 0.2) is 0 Å². The zero-order valence-electron chi connectivity index (χ0n) is 15.6. The van der Waals surface area contributed by atoms with Crippen molar-refractivity contribution in [2.75, 3.05) is 10.7 Å².